The van der Waals surface area contributed by atoms with E-state index in [2.05, 4.69) is 4.90 Å². The molecule has 1 saturated heterocycles. The summed E-state index contributed by atoms with van der Waals surface area (Å²) in [5, 5.41) is 8.74. The molecule has 12 heavy (non-hydrogen) atoms. The molecular weight excluding hydrogens is 174 g/mol. The van der Waals surface area contributed by atoms with Gasteiger partial charge in [0.1, 0.15) is 0 Å². The number of nitrogens with zero attached hydrogens (tertiary/aromatic N) is 1. The zero-order valence-corrected chi connectivity index (χ0v) is 8.56. The van der Waals surface area contributed by atoms with Gasteiger partial charge in [0.25, 0.3) is 0 Å². The van der Waals surface area contributed by atoms with Gasteiger partial charge in [-0.1, -0.05) is 0 Å². The SMILES string of the molecule is CC1(C)CN(CCO)CCS1=O. The van der Waals surface area contributed by atoms with E-state index in [1.54, 1.807) is 0 Å². The predicted octanol–water partition coefficient (Wildman–Crippen LogP) is -0.178. The number of hydrogen-bond donors (Lipinski definition) is 1. The Hall–Kier alpha value is 0.0700. The third kappa shape index (κ3) is 2.28. The quantitative estimate of drug-likeness (QED) is 0.658. The minimum Gasteiger partial charge on any atom is -0.395 e. The minimum absolute atomic E-state index is 0.104. The average Bonchev–Trinajstić information content (AvgIpc) is 1.97. The van der Waals surface area contributed by atoms with E-state index in [9.17, 15) is 4.21 Å². The molecule has 4 heteroatoms. The Bertz CT molecular complexity index is 182. The van der Waals surface area contributed by atoms with Gasteiger partial charge in [-0.15, -0.1) is 0 Å². The first-order chi connectivity index (χ1) is 5.56. The average molecular weight is 191 g/mol. The topological polar surface area (TPSA) is 40.5 Å². The van der Waals surface area contributed by atoms with E-state index in [0.717, 1.165) is 18.8 Å². The van der Waals surface area contributed by atoms with Crippen LogP contribution in [0.25, 0.3) is 0 Å². The van der Waals surface area contributed by atoms with Crippen molar-refractivity contribution >= 4 is 10.8 Å². The fourth-order valence-electron chi connectivity index (χ4n) is 1.51. The maximum absolute atomic E-state index is 11.5. The molecule has 0 aromatic rings. The number of rotatable bonds is 2. The van der Waals surface area contributed by atoms with E-state index in [1.165, 1.54) is 0 Å². The van der Waals surface area contributed by atoms with E-state index >= 15 is 0 Å². The van der Waals surface area contributed by atoms with Crippen LogP contribution in [-0.4, -0.2) is 51.0 Å². The van der Waals surface area contributed by atoms with Crippen LogP contribution in [0.2, 0.25) is 0 Å². The van der Waals surface area contributed by atoms with Crippen LogP contribution < -0.4 is 0 Å². The van der Waals surface area contributed by atoms with Gasteiger partial charge in [-0.25, -0.2) is 0 Å². The Kier molecular flexibility index (Phi) is 3.26. The van der Waals surface area contributed by atoms with E-state index in [4.69, 9.17) is 5.11 Å². The van der Waals surface area contributed by atoms with Crippen LogP contribution in [0.5, 0.6) is 0 Å². The second-order valence-electron chi connectivity index (χ2n) is 3.81. The second-order valence-corrected chi connectivity index (χ2v) is 6.01. The van der Waals surface area contributed by atoms with E-state index < -0.39 is 10.8 Å². The molecule has 1 rings (SSSR count). The van der Waals surface area contributed by atoms with Gasteiger partial charge in [-0.05, 0) is 13.8 Å². The maximum atomic E-state index is 11.5. The van der Waals surface area contributed by atoms with Crippen LogP contribution >= 0.6 is 0 Å². The fourth-order valence-corrected chi connectivity index (χ4v) is 2.81. The monoisotopic (exact) mass is 191 g/mol. The number of aliphatic hydroxyl groups is 1. The molecule has 0 amide bonds. The third-order valence-corrected chi connectivity index (χ3v) is 4.14. The lowest BCUT2D eigenvalue weighted by Gasteiger charge is -2.36. The van der Waals surface area contributed by atoms with Gasteiger partial charge in [0.15, 0.2) is 0 Å². The summed E-state index contributed by atoms with van der Waals surface area (Å²) in [6, 6.07) is 0. The largest absolute Gasteiger partial charge is 0.395 e. The molecule has 1 atom stereocenters. The van der Waals surface area contributed by atoms with Gasteiger partial charge < -0.3 is 5.11 Å². The summed E-state index contributed by atoms with van der Waals surface area (Å²) in [6.45, 7) is 6.64. The van der Waals surface area contributed by atoms with Gasteiger partial charge in [0.2, 0.25) is 0 Å². The van der Waals surface area contributed by atoms with E-state index in [-0.39, 0.29) is 11.4 Å². The lowest BCUT2D eigenvalue weighted by Crippen LogP contribution is -2.50. The molecule has 0 aliphatic carbocycles. The van der Waals surface area contributed by atoms with Gasteiger partial charge in [-0.2, -0.15) is 0 Å². The Morgan fingerprint density at radius 1 is 1.58 bits per heavy atom. The highest BCUT2D eigenvalue weighted by Gasteiger charge is 2.32. The summed E-state index contributed by atoms with van der Waals surface area (Å²) in [6.07, 6.45) is 0. The fraction of sp³-hybridized carbons (Fsp3) is 1.00. The molecule has 1 N–H and O–H groups in total. The molecule has 1 unspecified atom stereocenters. The number of β-amino-alcohol motifs (C(OH)–C–C–N with tert-alkyl or cyclic N) is 1. The Labute approximate surface area is 76.2 Å². The van der Waals surface area contributed by atoms with Crippen molar-refractivity contribution in [2.75, 3.05) is 32.0 Å². The second kappa shape index (κ2) is 3.85. The predicted molar refractivity (Wildman–Crippen MR) is 50.6 cm³/mol. The van der Waals surface area contributed by atoms with Crippen LogP contribution in [0.3, 0.4) is 0 Å². The van der Waals surface area contributed by atoms with Crippen molar-refractivity contribution in [2.45, 2.75) is 18.6 Å². The first-order valence-electron chi connectivity index (χ1n) is 4.28. The molecule has 0 aromatic carbocycles. The molecular formula is C8H17NO2S. The molecule has 72 valence electrons. The molecule has 0 spiro atoms. The van der Waals surface area contributed by atoms with Crippen molar-refractivity contribution in [3.05, 3.63) is 0 Å². The number of aliphatic hydroxyl groups excluding tert-OH is 1. The molecule has 1 heterocycles. The Morgan fingerprint density at radius 3 is 2.75 bits per heavy atom. The molecule has 0 aromatic heterocycles. The summed E-state index contributed by atoms with van der Waals surface area (Å²) in [5.41, 5.74) is 0. The highest BCUT2D eigenvalue weighted by atomic mass is 32.2. The van der Waals surface area contributed by atoms with Crippen molar-refractivity contribution in [1.82, 2.24) is 4.90 Å². The third-order valence-electron chi connectivity index (χ3n) is 2.23. The van der Waals surface area contributed by atoms with Crippen LogP contribution in [0.1, 0.15) is 13.8 Å². The van der Waals surface area contributed by atoms with Crippen LogP contribution in [0, 0.1) is 0 Å². The van der Waals surface area contributed by atoms with Gasteiger partial charge in [0.05, 0.1) is 11.4 Å². The zero-order valence-electron chi connectivity index (χ0n) is 7.75. The van der Waals surface area contributed by atoms with Crippen LogP contribution in [-0.2, 0) is 10.8 Å². The summed E-state index contributed by atoms with van der Waals surface area (Å²) in [7, 11) is -0.698. The van der Waals surface area contributed by atoms with Crippen LogP contribution in [0.4, 0.5) is 0 Å². The lowest BCUT2D eigenvalue weighted by atomic mass is 10.2. The summed E-state index contributed by atoms with van der Waals surface area (Å²) >= 11 is 0. The Balaban J connectivity index is 2.51. The van der Waals surface area contributed by atoms with Crippen molar-refractivity contribution < 1.29 is 9.32 Å². The first-order valence-corrected chi connectivity index (χ1v) is 5.60. The Morgan fingerprint density at radius 2 is 2.25 bits per heavy atom. The van der Waals surface area contributed by atoms with E-state index in [1.807, 2.05) is 13.8 Å². The molecule has 0 radical (unpaired) electrons. The van der Waals surface area contributed by atoms with E-state index in [0.29, 0.717) is 6.54 Å². The highest BCUT2D eigenvalue weighted by molar-refractivity contribution is 7.86. The number of hydrogen-bond acceptors (Lipinski definition) is 3. The molecule has 1 aliphatic rings. The van der Waals surface area contributed by atoms with Crippen molar-refractivity contribution in [3.8, 4) is 0 Å². The minimum atomic E-state index is -0.698. The summed E-state index contributed by atoms with van der Waals surface area (Å²) in [4.78, 5) is 2.17. The summed E-state index contributed by atoms with van der Waals surface area (Å²) in [5.74, 6) is 0.743. The molecule has 0 bridgehead atoms. The highest BCUT2D eigenvalue weighted by Crippen LogP contribution is 2.19. The van der Waals surface area contributed by atoms with Crippen molar-refractivity contribution in [3.63, 3.8) is 0 Å². The molecule has 1 aliphatic heterocycles. The molecule has 3 nitrogen and oxygen atoms in total. The molecule has 0 saturated carbocycles. The normalized spacial score (nSPS) is 30.4. The standard InChI is InChI=1S/C8H17NO2S/c1-8(2)7-9(3-5-10)4-6-12(8)11/h10H,3-7H2,1-2H3. The van der Waals surface area contributed by atoms with Crippen molar-refractivity contribution in [1.29, 1.82) is 0 Å². The maximum Gasteiger partial charge on any atom is 0.0558 e. The van der Waals surface area contributed by atoms with Crippen molar-refractivity contribution in [2.24, 2.45) is 0 Å². The summed E-state index contributed by atoms with van der Waals surface area (Å²) < 4.78 is 11.4. The van der Waals surface area contributed by atoms with Gasteiger partial charge >= 0.3 is 0 Å². The van der Waals surface area contributed by atoms with Crippen LogP contribution in [0.15, 0.2) is 0 Å². The zero-order chi connectivity index (χ0) is 9.19. The molecule has 1 fully saturated rings. The first kappa shape index (κ1) is 10.2. The lowest BCUT2D eigenvalue weighted by molar-refractivity contribution is 0.188. The van der Waals surface area contributed by atoms with Gasteiger partial charge in [0, 0.05) is 36.2 Å². The smallest absolute Gasteiger partial charge is 0.0558 e. The van der Waals surface area contributed by atoms with Gasteiger partial charge in [-0.3, -0.25) is 9.11 Å².